The van der Waals surface area contributed by atoms with Gasteiger partial charge in [0.05, 0.1) is 0 Å². The van der Waals surface area contributed by atoms with Gasteiger partial charge in [-0.05, 0) is 24.5 Å². The lowest BCUT2D eigenvalue weighted by Crippen LogP contribution is -1.99. The molecule has 0 unspecified atom stereocenters. The Hall–Kier alpha value is -1.18. The van der Waals surface area contributed by atoms with Crippen LogP contribution in [0.2, 0.25) is 0 Å². The van der Waals surface area contributed by atoms with Crippen LogP contribution in [0.15, 0.2) is 24.5 Å². The number of hydrogen-bond donors (Lipinski definition) is 0. The van der Waals surface area contributed by atoms with Crippen LogP contribution in [0.25, 0.3) is 0 Å². The first-order valence-electron chi connectivity index (χ1n) is 4.79. The Morgan fingerprint density at radius 1 is 1.38 bits per heavy atom. The minimum atomic E-state index is 0.259. The molecule has 1 heterocycles. The Balaban J connectivity index is 1.89. The summed E-state index contributed by atoms with van der Waals surface area (Å²) in [7, 11) is 0. The van der Waals surface area contributed by atoms with E-state index in [4.69, 9.17) is 0 Å². The van der Waals surface area contributed by atoms with Crippen molar-refractivity contribution in [3.63, 3.8) is 0 Å². The second-order valence-corrected chi connectivity index (χ2v) is 3.64. The molecule has 2 nitrogen and oxygen atoms in total. The lowest BCUT2D eigenvalue weighted by Gasteiger charge is -1.98. The fraction of sp³-hybridized carbons (Fsp3) is 0.455. The predicted octanol–water partition coefficient (Wildman–Crippen LogP) is 2.45. The van der Waals surface area contributed by atoms with Gasteiger partial charge < -0.3 is 0 Å². The smallest absolute Gasteiger partial charge is 0.162 e. The zero-order chi connectivity index (χ0) is 9.10. The van der Waals surface area contributed by atoms with Crippen LogP contribution in [0.1, 0.15) is 36.0 Å². The maximum Gasteiger partial charge on any atom is 0.162 e. The van der Waals surface area contributed by atoms with E-state index in [0.29, 0.717) is 6.42 Å². The van der Waals surface area contributed by atoms with Crippen LogP contribution in [0, 0.1) is 5.92 Å². The van der Waals surface area contributed by atoms with Crippen molar-refractivity contribution in [2.75, 3.05) is 0 Å². The molecular weight excluding hydrogens is 162 g/mol. The van der Waals surface area contributed by atoms with Crippen molar-refractivity contribution in [1.82, 2.24) is 4.98 Å². The molecule has 1 aromatic rings. The first-order chi connectivity index (χ1) is 6.36. The maximum absolute atomic E-state index is 11.5. The highest BCUT2D eigenvalue weighted by molar-refractivity contribution is 5.95. The second-order valence-electron chi connectivity index (χ2n) is 3.64. The zero-order valence-electron chi connectivity index (χ0n) is 7.57. The summed E-state index contributed by atoms with van der Waals surface area (Å²) >= 11 is 0. The van der Waals surface area contributed by atoms with Crippen molar-refractivity contribution in [1.29, 1.82) is 0 Å². The van der Waals surface area contributed by atoms with E-state index in [-0.39, 0.29) is 5.78 Å². The Labute approximate surface area is 78.0 Å². The Morgan fingerprint density at radius 2 is 2.08 bits per heavy atom. The van der Waals surface area contributed by atoms with Gasteiger partial charge in [-0.1, -0.05) is 12.8 Å². The van der Waals surface area contributed by atoms with Gasteiger partial charge >= 0.3 is 0 Å². The number of pyridine rings is 1. The van der Waals surface area contributed by atoms with E-state index in [1.54, 1.807) is 24.5 Å². The van der Waals surface area contributed by atoms with Crippen LogP contribution >= 0.6 is 0 Å². The monoisotopic (exact) mass is 175 g/mol. The molecule has 0 radical (unpaired) electrons. The van der Waals surface area contributed by atoms with E-state index in [1.165, 1.54) is 12.8 Å². The van der Waals surface area contributed by atoms with Gasteiger partial charge in [0.2, 0.25) is 0 Å². The molecule has 0 atom stereocenters. The average Bonchev–Trinajstić information content (AvgIpc) is 2.99. The van der Waals surface area contributed by atoms with Crippen LogP contribution in [0.5, 0.6) is 0 Å². The molecular formula is C11H13NO. The molecule has 0 N–H and O–H groups in total. The first-order valence-corrected chi connectivity index (χ1v) is 4.79. The number of ketones is 1. The highest BCUT2D eigenvalue weighted by Crippen LogP contribution is 2.33. The number of rotatable bonds is 4. The quantitative estimate of drug-likeness (QED) is 0.658. The molecule has 1 aromatic heterocycles. The minimum absolute atomic E-state index is 0.259. The predicted molar refractivity (Wildman–Crippen MR) is 50.5 cm³/mol. The average molecular weight is 175 g/mol. The van der Waals surface area contributed by atoms with E-state index in [9.17, 15) is 4.79 Å². The highest BCUT2D eigenvalue weighted by atomic mass is 16.1. The first kappa shape index (κ1) is 8.42. The van der Waals surface area contributed by atoms with Crippen LogP contribution in [-0.2, 0) is 0 Å². The summed E-state index contributed by atoms with van der Waals surface area (Å²) in [5.41, 5.74) is 0.802. The molecule has 1 saturated carbocycles. The summed E-state index contributed by atoms with van der Waals surface area (Å²) in [6, 6.07) is 3.57. The summed E-state index contributed by atoms with van der Waals surface area (Å²) in [6.07, 6.45) is 7.76. The van der Waals surface area contributed by atoms with E-state index < -0.39 is 0 Å². The highest BCUT2D eigenvalue weighted by Gasteiger charge is 2.21. The number of Topliss-reactive ketones (excluding diaryl/α,β-unsaturated/α-hetero) is 1. The number of carbonyl (C=O) groups excluding carboxylic acids is 1. The lowest BCUT2D eigenvalue weighted by molar-refractivity contribution is 0.0978. The van der Waals surface area contributed by atoms with Crippen LogP contribution < -0.4 is 0 Å². The Kier molecular flexibility index (Phi) is 2.39. The molecule has 13 heavy (non-hydrogen) atoms. The summed E-state index contributed by atoms with van der Waals surface area (Å²) in [4.78, 5) is 15.4. The fourth-order valence-electron chi connectivity index (χ4n) is 1.42. The number of aromatic nitrogens is 1. The van der Waals surface area contributed by atoms with E-state index in [0.717, 1.165) is 17.9 Å². The van der Waals surface area contributed by atoms with Crippen LogP contribution in [-0.4, -0.2) is 10.8 Å². The topological polar surface area (TPSA) is 30.0 Å². The molecule has 0 amide bonds. The Bertz CT molecular complexity index is 290. The van der Waals surface area contributed by atoms with E-state index in [2.05, 4.69) is 4.98 Å². The van der Waals surface area contributed by atoms with Gasteiger partial charge in [0, 0.05) is 24.4 Å². The number of nitrogens with zero attached hydrogens (tertiary/aromatic N) is 1. The SMILES string of the molecule is O=C(CCC1CC1)c1ccncc1. The van der Waals surface area contributed by atoms with Crippen LogP contribution in [0.4, 0.5) is 0 Å². The summed E-state index contributed by atoms with van der Waals surface area (Å²) in [6.45, 7) is 0. The molecule has 1 aliphatic carbocycles. The maximum atomic E-state index is 11.5. The van der Waals surface area contributed by atoms with Crippen molar-refractivity contribution < 1.29 is 4.79 Å². The fourth-order valence-corrected chi connectivity index (χ4v) is 1.42. The number of hydrogen-bond acceptors (Lipinski definition) is 2. The third kappa shape index (κ3) is 2.38. The normalized spacial score (nSPS) is 15.7. The third-order valence-electron chi connectivity index (χ3n) is 2.48. The van der Waals surface area contributed by atoms with Gasteiger partial charge in [-0.2, -0.15) is 0 Å². The minimum Gasteiger partial charge on any atom is -0.294 e. The van der Waals surface area contributed by atoms with Crippen molar-refractivity contribution in [3.8, 4) is 0 Å². The van der Waals surface area contributed by atoms with Gasteiger partial charge in [-0.25, -0.2) is 0 Å². The van der Waals surface area contributed by atoms with Crippen molar-refractivity contribution in [2.45, 2.75) is 25.7 Å². The molecule has 0 saturated heterocycles. The van der Waals surface area contributed by atoms with Gasteiger partial charge in [-0.15, -0.1) is 0 Å². The molecule has 0 aromatic carbocycles. The second kappa shape index (κ2) is 3.69. The molecule has 1 aliphatic rings. The van der Waals surface area contributed by atoms with Crippen molar-refractivity contribution in [2.24, 2.45) is 5.92 Å². The molecule has 68 valence electrons. The largest absolute Gasteiger partial charge is 0.294 e. The lowest BCUT2D eigenvalue weighted by atomic mass is 10.1. The molecule has 0 aliphatic heterocycles. The molecule has 1 fully saturated rings. The standard InChI is InChI=1S/C11H13NO/c13-11(4-3-9-1-2-9)10-5-7-12-8-6-10/h5-9H,1-4H2. The van der Waals surface area contributed by atoms with Crippen molar-refractivity contribution >= 4 is 5.78 Å². The summed E-state index contributed by atoms with van der Waals surface area (Å²) in [5, 5.41) is 0. The van der Waals surface area contributed by atoms with Crippen LogP contribution in [0.3, 0.4) is 0 Å². The van der Waals surface area contributed by atoms with E-state index in [1.807, 2.05) is 0 Å². The third-order valence-corrected chi connectivity index (χ3v) is 2.48. The molecule has 2 rings (SSSR count). The molecule has 2 heteroatoms. The molecule has 0 bridgehead atoms. The zero-order valence-corrected chi connectivity index (χ0v) is 7.57. The van der Waals surface area contributed by atoms with Gasteiger partial charge in [0.15, 0.2) is 5.78 Å². The van der Waals surface area contributed by atoms with Crippen molar-refractivity contribution in [3.05, 3.63) is 30.1 Å². The Morgan fingerprint density at radius 3 is 2.69 bits per heavy atom. The van der Waals surface area contributed by atoms with Gasteiger partial charge in [-0.3, -0.25) is 9.78 Å². The number of carbonyl (C=O) groups is 1. The summed E-state index contributed by atoms with van der Waals surface area (Å²) < 4.78 is 0. The van der Waals surface area contributed by atoms with E-state index >= 15 is 0 Å². The van der Waals surface area contributed by atoms with Gasteiger partial charge in [0.25, 0.3) is 0 Å². The van der Waals surface area contributed by atoms with Gasteiger partial charge in [0.1, 0.15) is 0 Å². The molecule has 0 spiro atoms. The summed E-state index contributed by atoms with van der Waals surface area (Å²) in [5.74, 6) is 1.10.